The number of rotatable bonds is 5. The van der Waals surface area contributed by atoms with E-state index in [0.717, 1.165) is 24.8 Å². The van der Waals surface area contributed by atoms with Gasteiger partial charge >= 0.3 is 0 Å². The van der Waals surface area contributed by atoms with Crippen molar-refractivity contribution in [3.8, 4) is 0 Å². The molecule has 1 saturated carbocycles. The summed E-state index contributed by atoms with van der Waals surface area (Å²) in [6, 6.07) is 4.19. The summed E-state index contributed by atoms with van der Waals surface area (Å²) in [7, 11) is 0. The van der Waals surface area contributed by atoms with Gasteiger partial charge in [-0.15, -0.1) is 24.8 Å². The molecule has 0 aromatic carbocycles. The van der Waals surface area contributed by atoms with Crippen molar-refractivity contribution in [1.82, 2.24) is 10.3 Å². The van der Waals surface area contributed by atoms with Crippen LogP contribution in [0.3, 0.4) is 0 Å². The Morgan fingerprint density at radius 1 is 1.30 bits per heavy atom. The van der Waals surface area contributed by atoms with Crippen LogP contribution in [0.1, 0.15) is 31.2 Å². The lowest BCUT2D eigenvalue weighted by Crippen LogP contribution is -2.39. The maximum atomic E-state index is 11.9. The van der Waals surface area contributed by atoms with Gasteiger partial charge in [0.05, 0.1) is 0 Å². The molecule has 0 radical (unpaired) electrons. The van der Waals surface area contributed by atoms with E-state index in [2.05, 4.69) is 10.3 Å². The summed E-state index contributed by atoms with van der Waals surface area (Å²) in [5.74, 6) is 0.604. The van der Waals surface area contributed by atoms with Crippen molar-refractivity contribution in [1.29, 1.82) is 0 Å². The SMILES string of the molecule is Cl.Cl.NCC1CCCC1NC(=O)CCc1ccncc1. The predicted molar refractivity (Wildman–Crippen MR) is 85.4 cm³/mol. The number of aromatic nitrogens is 1. The molecule has 0 bridgehead atoms. The van der Waals surface area contributed by atoms with Gasteiger partial charge in [-0.25, -0.2) is 0 Å². The second-order valence-corrected chi connectivity index (χ2v) is 4.96. The molecule has 1 aliphatic rings. The van der Waals surface area contributed by atoms with Crippen LogP contribution in [-0.2, 0) is 11.2 Å². The van der Waals surface area contributed by atoms with Crippen molar-refractivity contribution < 1.29 is 4.79 Å². The number of carbonyl (C=O) groups is 1. The van der Waals surface area contributed by atoms with Crippen molar-refractivity contribution in [2.45, 2.75) is 38.1 Å². The molecule has 1 heterocycles. The summed E-state index contributed by atoms with van der Waals surface area (Å²) in [5.41, 5.74) is 6.86. The van der Waals surface area contributed by atoms with E-state index in [0.29, 0.717) is 24.9 Å². The molecular formula is C14H23Cl2N3O. The fourth-order valence-electron chi connectivity index (χ4n) is 2.60. The highest BCUT2D eigenvalue weighted by Gasteiger charge is 2.26. The van der Waals surface area contributed by atoms with Gasteiger partial charge in [-0.3, -0.25) is 9.78 Å². The van der Waals surface area contributed by atoms with Crippen LogP contribution in [0, 0.1) is 5.92 Å². The summed E-state index contributed by atoms with van der Waals surface area (Å²) in [4.78, 5) is 15.8. The molecule has 1 amide bonds. The van der Waals surface area contributed by atoms with Crippen LogP contribution in [0.4, 0.5) is 0 Å². The van der Waals surface area contributed by atoms with E-state index < -0.39 is 0 Å². The lowest BCUT2D eigenvalue weighted by molar-refractivity contribution is -0.122. The molecule has 2 atom stereocenters. The minimum atomic E-state index is 0. The molecule has 1 fully saturated rings. The molecule has 1 aromatic rings. The quantitative estimate of drug-likeness (QED) is 0.873. The third kappa shape index (κ3) is 5.65. The van der Waals surface area contributed by atoms with E-state index in [-0.39, 0.29) is 30.7 Å². The number of amides is 1. The fraction of sp³-hybridized carbons (Fsp3) is 0.571. The third-order valence-electron chi connectivity index (χ3n) is 3.70. The van der Waals surface area contributed by atoms with Crippen LogP contribution in [0.15, 0.2) is 24.5 Å². The summed E-state index contributed by atoms with van der Waals surface area (Å²) < 4.78 is 0. The molecular weight excluding hydrogens is 297 g/mol. The number of pyridine rings is 1. The molecule has 3 N–H and O–H groups in total. The summed E-state index contributed by atoms with van der Waals surface area (Å²) in [6.45, 7) is 0.676. The first-order valence-electron chi connectivity index (χ1n) is 6.68. The van der Waals surface area contributed by atoms with Crippen LogP contribution < -0.4 is 11.1 Å². The Morgan fingerprint density at radius 3 is 2.65 bits per heavy atom. The van der Waals surface area contributed by atoms with Gasteiger partial charge in [0.25, 0.3) is 0 Å². The number of hydrogen-bond donors (Lipinski definition) is 2. The molecule has 2 rings (SSSR count). The summed E-state index contributed by atoms with van der Waals surface area (Å²) in [6.07, 6.45) is 8.22. The smallest absolute Gasteiger partial charge is 0.220 e. The zero-order chi connectivity index (χ0) is 12.8. The molecule has 0 aliphatic heterocycles. The van der Waals surface area contributed by atoms with Gasteiger partial charge in [-0.05, 0) is 49.4 Å². The van der Waals surface area contributed by atoms with Gasteiger partial charge in [0, 0.05) is 24.9 Å². The monoisotopic (exact) mass is 319 g/mol. The van der Waals surface area contributed by atoms with E-state index in [1.807, 2.05) is 12.1 Å². The molecule has 4 nitrogen and oxygen atoms in total. The van der Waals surface area contributed by atoms with Crippen molar-refractivity contribution in [3.63, 3.8) is 0 Å². The first-order chi connectivity index (χ1) is 8.79. The van der Waals surface area contributed by atoms with E-state index in [4.69, 9.17) is 5.73 Å². The maximum Gasteiger partial charge on any atom is 0.220 e. The van der Waals surface area contributed by atoms with Crippen molar-refractivity contribution in [2.24, 2.45) is 11.7 Å². The van der Waals surface area contributed by atoms with Crippen LogP contribution in [0.2, 0.25) is 0 Å². The Bertz CT molecular complexity index is 389. The number of nitrogens with one attached hydrogen (secondary N) is 1. The Kier molecular flexibility index (Phi) is 9.55. The molecule has 114 valence electrons. The van der Waals surface area contributed by atoms with Gasteiger partial charge in [0.2, 0.25) is 5.91 Å². The largest absolute Gasteiger partial charge is 0.353 e. The summed E-state index contributed by atoms with van der Waals surface area (Å²) >= 11 is 0. The lowest BCUT2D eigenvalue weighted by atomic mass is 10.0. The van der Waals surface area contributed by atoms with E-state index in [9.17, 15) is 4.79 Å². The van der Waals surface area contributed by atoms with Crippen molar-refractivity contribution >= 4 is 30.7 Å². The molecule has 0 spiro atoms. The Morgan fingerprint density at radius 2 is 2.00 bits per heavy atom. The van der Waals surface area contributed by atoms with Crippen LogP contribution in [-0.4, -0.2) is 23.5 Å². The number of nitrogens with two attached hydrogens (primary N) is 1. The molecule has 20 heavy (non-hydrogen) atoms. The van der Waals surface area contributed by atoms with Gasteiger partial charge in [0.1, 0.15) is 0 Å². The Balaban J connectivity index is 0.00000180. The highest BCUT2D eigenvalue weighted by molar-refractivity contribution is 5.85. The standard InChI is InChI=1S/C14H21N3O.2ClH/c15-10-12-2-1-3-13(12)17-14(18)5-4-11-6-8-16-9-7-11;;/h6-9,12-13H,1-5,10,15H2,(H,17,18);2*1H. The first kappa shape index (κ1) is 19.2. The average molecular weight is 320 g/mol. The number of halogens is 2. The van der Waals surface area contributed by atoms with Gasteiger partial charge in [0.15, 0.2) is 0 Å². The van der Waals surface area contributed by atoms with E-state index in [1.165, 1.54) is 6.42 Å². The number of aryl methyl sites for hydroxylation is 1. The molecule has 1 aromatic heterocycles. The minimum absolute atomic E-state index is 0. The second kappa shape index (κ2) is 9.97. The number of carbonyl (C=O) groups excluding carboxylic acids is 1. The minimum Gasteiger partial charge on any atom is -0.353 e. The molecule has 0 saturated heterocycles. The average Bonchev–Trinajstić information content (AvgIpc) is 2.85. The van der Waals surface area contributed by atoms with Gasteiger partial charge in [-0.1, -0.05) is 6.42 Å². The number of nitrogens with zero attached hydrogens (tertiary/aromatic N) is 1. The fourth-order valence-corrected chi connectivity index (χ4v) is 2.60. The summed E-state index contributed by atoms with van der Waals surface area (Å²) in [5, 5.41) is 3.12. The van der Waals surface area contributed by atoms with Crippen LogP contribution >= 0.6 is 24.8 Å². The molecule has 1 aliphatic carbocycles. The lowest BCUT2D eigenvalue weighted by Gasteiger charge is -2.19. The highest BCUT2D eigenvalue weighted by atomic mass is 35.5. The Labute approximate surface area is 132 Å². The molecule has 2 unspecified atom stereocenters. The maximum absolute atomic E-state index is 11.9. The van der Waals surface area contributed by atoms with Gasteiger partial charge < -0.3 is 11.1 Å². The van der Waals surface area contributed by atoms with Crippen LogP contribution in [0.5, 0.6) is 0 Å². The predicted octanol–water partition coefficient (Wildman–Crippen LogP) is 2.10. The first-order valence-corrected chi connectivity index (χ1v) is 6.68. The normalized spacial score (nSPS) is 20.6. The highest BCUT2D eigenvalue weighted by Crippen LogP contribution is 2.24. The second-order valence-electron chi connectivity index (χ2n) is 4.96. The topological polar surface area (TPSA) is 68.0 Å². The van der Waals surface area contributed by atoms with Crippen molar-refractivity contribution in [3.05, 3.63) is 30.1 Å². The van der Waals surface area contributed by atoms with Crippen LogP contribution in [0.25, 0.3) is 0 Å². The Hall–Kier alpha value is -0.840. The zero-order valence-corrected chi connectivity index (χ0v) is 13.1. The van der Waals surface area contributed by atoms with Crippen molar-refractivity contribution in [2.75, 3.05) is 6.54 Å². The van der Waals surface area contributed by atoms with E-state index in [1.54, 1.807) is 12.4 Å². The molecule has 6 heteroatoms. The van der Waals surface area contributed by atoms with E-state index >= 15 is 0 Å². The zero-order valence-electron chi connectivity index (χ0n) is 11.5. The number of hydrogen-bond acceptors (Lipinski definition) is 3. The third-order valence-corrected chi connectivity index (χ3v) is 3.70. The van der Waals surface area contributed by atoms with Gasteiger partial charge in [-0.2, -0.15) is 0 Å².